The third-order valence-corrected chi connectivity index (χ3v) is 6.51. The number of benzene rings is 2. The van der Waals surface area contributed by atoms with E-state index in [1.165, 1.54) is 17.3 Å². The minimum absolute atomic E-state index is 0.0255. The van der Waals surface area contributed by atoms with Crippen molar-refractivity contribution in [2.45, 2.75) is 31.3 Å². The van der Waals surface area contributed by atoms with Crippen molar-refractivity contribution in [1.29, 1.82) is 0 Å². The lowest BCUT2D eigenvalue weighted by Crippen LogP contribution is -2.24. The molecule has 164 valence electrons. The van der Waals surface area contributed by atoms with Crippen molar-refractivity contribution in [2.24, 2.45) is 0 Å². The lowest BCUT2D eigenvalue weighted by Gasteiger charge is -2.15. The van der Waals surface area contributed by atoms with E-state index in [0.717, 1.165) is 22.7 Å². The largest absolute Gasteiger partial charge is 0.295 e. The molecule has 1 aromatic heterocycles. The number of para-hydroxylation sites is 1. The standard InChI is InChI=1S/C23H27N3O3S2/c1-17(2)20-6-4-5-7-21(20)26-15-14-24-23(26)30-16-22(27)19-10-8-18(9-11-19)12-13-25-31(3,28)29/h4-11,14-15,17,25H,12-13,16H2,1-3H3. The van der Waals surface area contributed by atoms with Crippen LogP contribution in [0.25, 0.3) is 5.69 Å². The number of thioether (sulfide) groups is 1. The molecule has 0 aliphatic heterocycles. The molecule has 0 bridgehead atoms. The summed E-state index contributed by atoms with van der Waals surface area (Å²) in [5.74, 6) is 0.692. The van der Waals surface area contributed by atoms with Gasteiger partial charge < -0.3 is 0 Å². The van der Waals surface area contributed by atoms with Crippen LogP contribution in [0.2, 0.25) is 0 Å². The maximum absolute atomic E-state index is 12.7. The van der Waals surface area contributed by atoms with Crippen LogP contribution in [0.15, 0.2) is 66.1 Å². The molecule has 0 spiro atoms. The molecule has 6 nitrogen and oxygen atoms in total. The SMILES string of the molecule is CC(C)c1ccccc1-n1ccnc1SCC(=O)c1ccc(CCNS(C)(=O)=O)cc1. The summed E-state index contributed by atoms with van der Waals surface area (Å²) >= 11 is 1.42. The molecule has 1 heterocycles. The molecule has 0 saturated carbocycles. The Morgan fingerprint density at radius 1 is 1.13 bits per heavy atom. The van der Waals surface area contributed by atoms with Gasteiger partial charge in [-0.2, -0.15) is 0 Å². The molecule has 0 unspecified atom stereocenters. The monoisotopic (exact) mass is 457 g/mol. The van der Waals surface area contributed by atoms with Gasteiger partial charge in [-0.3, -0.25) is 9.36 Å². The Morgan fingerprint density at radius 3 is 2.52 bits per heavy atom. The smallest absolute Gasteiger partial charge is 0.208 e. The lowest BCUT2D eigenvalue weighted by molar-refractivity contribution is 0.102. The number of nitrogens with one attached hydrogen (secondary N) is 1. The Morgan fingerprint density at radius 2 is 1.84 bits per heavy atom. The fraction of sp³-hybridized carbons (Fsp3) is 0.304. The van der Waals surface area contributed by atoms with Crippen molar-refractivity contribution in [2.75, 3.05) is 18.6 Å². The fourth-order valence-corrected chi connectivity index (χ4v) is 4.56. The molecule has 2 aromatic carbocycles. The molecule has 0 amide bonds. The first kappa shape index (κ1) is 23.2. The Kier molecular flexibility index (Phi) is 7.69. The zero-order valence-electron chi connectivity index (χ0n) is 17.9. The van der Waals surface area contributed by atoms with Crippen LogP contribution in [0.1, 0.15) is 41.3 Å². The van der Waals surface area contributed by atoms with Gasteiger partial charge in [0.25, 0.3) is 0 Å². The van der Waals surface area contributed by atoms with Crippen molar-refractivity contribution in [3.05, 3.63) is 77.6 Å². The first-order valence-corrected chi connectivity index (χ1v) is 12.9. The van der Waals surface area contributed by atoms with E-state index < -0.39 is 10.0 Å². The van der Waals surface area contributed by atoms with Crippen LogP contribution in [-0.2, 0) is 16.4 Å². The number of ketones is 1. The summed E-state index contributed by atoms with van der Waals surface area (Å²) in [5.41, 5.74) is 3.92. The number of aromatic nitrogens is 2. The molecular weight excluding hydrogens is 430 g/mol. The summed E-state index contributed by atoms with van der Waals surface area (Å²) in [7, 11) is -3.19. The van der Waals surface area contributed by atoms with Crippen molar-refractivity contribution < 1.29 is 13.2 Å². The molecule has 3 rings (SSSR count). The average Bonchev–Trinajstić information content (AvgIpc) is 3.20. The van der Waals surface area contributed by atoms with Gasteiger partial charge in [0.2, 0.25) is 10.0 Å². The predicted octanol–water partition coefficient (Wildman–Crippen LogP) is 4.06. The van der Waals surface area contributed by atoms with Gasteiger partial charge in [0.15, 0.2) is 10.9 Å². The van der Waals surface area contributed by atoms with Crippen LogP contribution in [0, 0.1) is 0 Å². The molecule has 0 aliphatic carbocycles. The number of rotatable bonds is 10. The zero-order chi connectivity index (χ0) is 22.4. The van der Waals surface area contributed by atoms with Crippen LogP contribution < -0.4 is 4.72 Å². The molecular formula is C23H27N3O3S2. The molecule has 31 heavy (non-hydrogen) atoms. The highest BCUT2D eigenvalue weighted by Crippen LogP contribution is 2.27. The second-order valence-electron chi connectivity index (χ2n) is 7.62. The van der Waals surface area contributed by atoms with Gasteiger partial charge in [-0.05, 0) is 29.5 Å². The van der Waals surface area contributed by atoms with E-state index in [9.17, 15) is 13.2 Å². The second kappa shape index (κ2) is 10.3. The van der Waals surface area contributed by atoms with Gasteiger partial charge in [-0.1, -0.05) is 68.1 Å². The van der Waals surface area contributed by atoms with Crippen LogP contribution in [0.4, 0.5) is 0 Å². The zero-order valence-corrected chi connectivity index (χ0v) is 19.5. The molecule has 8 heteroatoms. The summed E-state index contributed by atoms with van der Waals surface area (Å²) in [6.07, 6.45) is 5.39. The number of hydrogen-bond acceptors (Lipinski definition) is 5. The molecule has 3 aromatic rings. The van der Waals surface area contributed by atoms with Gasteiger partial charge in [0, 0.05) is 24.5 Å². The van der Waals surface area contributed by atoms with Crippen molar-refractivity contribution in [1.82, 2.24) is 14.3 Å². The van der Waals surface area contributed by atoms with Gasteiger partial charge in [0.1, 0.15) is 0 Å². The highest BCUT2D eigenvalue weighted by atomic mass is 32.2. The number of sulfonamides is 1. The molecule has 0 atom stereocenters. The summed E-state index contributed by atoms with van der Waals surface area (Å²) in [6.45, 7) is 4.66. The third kappa shape index (κ3) is 6.53. The summed E-state index contributed by atoms with van der Waals surface area (Å²) in [5, 5.41) is 0.782. The highest BCUT2D eigenvalue weighted by molar-refractivity contribution is 7.99. The average molecular weight is 458 g/mol. The van der Waals surface area contributed by atoms with Gasteiger partial charge in [-0.15, -0.1) is 0 Å². The first-order chi connectivity index (χ1) is 14.7. The minimum atomic E-state index is -3.19. The number of Topliss-reactive ketones (excluding diaryl/α,β-unsaturated/α-hetero) is 1. The number of carbonyl (C=O) groups is 1. The van der Waals surface area contributed by atoms with E-state index >= 15 is 0 Å². The second-order valence-corrected chi connectivity index (χ2v) is 10.4. The summed E-state index contributed by atoms with van der Waals surface area (Å²) in [6, 6.07) is 15.5. The van der Waals surface area contributed by atoms with E-state index in [4.69, 9.17) is 0 Å². The summed E-state index contributed by atoms with van der Waals surface area (Å²) < 4.78 is 26.8. The Hall–Kier alpha value is -2.42. The quantitative estimate of drug-likeness (QED) is 0.367. The van der Waals surface area contributed by atoms with Crippen molar-refractivity contribution >= 4 is 27.6 Å². The number of carbonyl (C=O) groups excluding carboxylic acids is 1. The van der Waals surface area contributed by atoms with E-state index in [0.29, 0.717) is 24.4 Å². The van der Waals surface area contributed by atoms with E-state index in [2.05, 4.69) is 35.7 Å². The number of imidazole rings is 1. The molecule has 0 fully saturated rings. The highest BCUT2D eigenvalue weighted by Gasteiger charge is 2.14. The van der Waals surface area contributed by atoms with Crippen molar-refractivity contribution in [3.8, 4) is 5.69 Å². The van der Waals surface area contributed by atoms with Crippen LogP contribution in [0.5, 0.6) is 0 Å². The van der Waals surface area contributed by atoms with Gasteiger partial charge in [-0.25, -0.2) is 18.1 Å². The van der Waals surface area contributed by atoms with Crippen LogP contribution in [0.3, 0.4) is 0 Å². The maximum atomic E-state index is 12.7. The van der Waals surface area contributed by atoms with Gasteiger partial charge in [0.05, 0.1) is 17.7 Å². The Labute approximate surface area is 188 Å². The predicted molar refractivity (Wildman–Crippen MR) is 126 cm³/mol. The van der Waals surface area contributed by atoms with E-state index in [1.807, 2.05) is 35.0 Å². The van der Waals surface area contributed by atoms with Crippen LogP contribution in [-0.4, -0.2) is 42.3 Å². The van der Waals surface area contributed by atoms with Crippen molar-refractivity contribution in [3.63, 3.8) is 0 Å². The molecule has 1 N–H and O–H groups in total. The summed E-state index contributed by atoms with van der Waals surface area (Å²) in [4.78, 5) is 17.1. The lowest BCUT2D eigenvalue weighted by atomic mass is 10.0. The molecule has 0 radical (unpaired) electrons. The molecule has 0 aliphatic rings. The maximum Gasteiger partial charge on any atom is 0.208 e. The third-order valence-electron chi connectivity index (χ3n) is 4.81. The Bertz CT molecular complexity index is 1140. The number of nitrogens with zero attached hydrogens (tertiary/aromatic N) is 2. The Balaban J connectivity index is 1.63. The van der Waals surface area contributed by atoms with Gasteiger partial charge >= 0.3 is 0 Å². The van der Waals surface area contributed by atoms with E-state index in [1.54, 1.807) is 18.3 Å². The van der Waals surface area contributed by atoms with E-state index in [-0.39, 0.29) is 11.5 Å². The minimum Gasteiger partial charge on any atom is -0.295 e. The number of hydrogen-bond donors (Lipinski definition) is 1. The molecule has 0 saturated heterocycles. The normalized spacial score (nSPS) is 11.7. The first-order valence-electron chi connectivity index (χ1n) is 10.1. The topological polar surface area (TPSA) is 81.1 Å². The fourth-order valence-electron chi connectivity index (χ4n) is 3.23. The van der Waals surface area contributed by atoms with Crippen LogP contribution >= 0.6 is 11.8 Å².